The van der Waals surface area contributed by atoms with Crippen molar-refractivity contribution in [1.82, 2.24) is 39.4 Å². The van der Waals surface area contributed by atoms with Crippen LogP contribution in [0.1, 0.15) is 35.2 Å². The predicted octanol–water partition coefficient (Wildman–Crippen LogP) is 3.25. The third kappa shape index (κ3) is 4.85. The van der Waals surface area contributed by atoms with Crippen molar-refractivity contribution >= 4 is 16.9 Å². The zero-order valence-electron chi connectivity index (χ0n) is 22.7. The largest absolute Gasteiger partial charge is 0.346 e. The Morgan fingerprint density at radius 3 is 2.75 bits per heavy atom. The number of nitriles is 1. The quantitative estimate of drug-likeness (QED) is 0.383. The zero-order valence-corrected chi connectivity index (χ0v) is 22.7. The Labute approximate surface area is 232 Å². The average molecular weight is 542 g/mol. The number of benzene rings is 1. The molecule has 1 aliphatic carbocycles. The molecule has 4 heterocycles. The Morgan fingerprint density at radius 2 is 2.00 bits per heavy atom. The number of hydrogen-bond acceptors (Lipinski definition) is 7. The minimum Gasteiger partial charge on any atom is -0.346 e. The molecule has 1 aliphatic heterocycles. The van der Waals surface area contributed by atoms with E-state index in [1.165, 1.54) is 18.5 Å². The molecule has 11 heteroatoms. The first-order valence-electron chi connectivity index (χ1n) is 13.5. The van der Waals surface area contributed by atoms with E-state index in [4.69, 9.17) is 0 Å². The normalized spacial score (nSPS) is 21.5. The number of H-pyrrole nitrogens is 1. The highest BCUT2D eigenvalue weighted by Gasteiger charge is 2.49. The second kappa shape index (κ2) is 10.4. The topological polar surface area (TPSA) is 110 Å². The van der Waals surface area contributed by atoms with Gasteiger partial charge in [-0.1, -0.05) is 0 Å². The summed E-state index contributed by atoms with van der Waals surface area (Å²) in [6.45, 7) is 3.25. The highest BCUT2D eigenvalue weighted by molar-refractivity contribution is 5.94. The van der Waals surface area contributed by atoms with Gasteiger partial charge in [-0.3, -0.25) is 14.4 Å². The van der Waals surface area contributed by atoms with Gasteiger partial charge in [0.05, 0.1) is 29.9 Å². The summed E-state index contributed by atoms with van der Waals surface area (Å²) < 4.78 is 16.2. The first-order chi connectivity index (χ1) is 19.3. The Kier molecular flexibility index (Phi) is 6.82. The number of nitrogens with one attached hydrogen (secondary N) is 1. The number of carbonyl (C=O) groups is 1. The van der Waals surface area contributed by atoms with Crippen LogP contribution in [0.5, 0.6) is 0 Å². The number of aromatic amines is 1. The predicted molar refractivity (Wildman–Crippen MR) is 148 cm³/mol. The maximum atomic E-state index is 14.2. The Hall–Kier alpha value is -4.14. The van der Waals surface area contributed by atoms with E-state index in [-0.39, 0.29) is 17.3 Å². The Bertz CT molecular complexity index is 1570. The highest BCUT2D eigenvalue weighted by Crippen LogP contribution is 2.45. The maximum Gasteiger partial charge on any atom is 0.254 e. The lowest BCUT2D eigenvalue weighted by Gasteiger charge is -2.52. The molecular weight excluding hydrogens is 509 g/mol. The van der Waals surface area contributed by atoms with Crippen LogP contribution in [0.2, 0.25) is 0 Å². The van der Waals surface area contributed by atoms with Crippen LogP contribution in [0.4, 0.5) is 4.39 Å². The van der Waals surface area contributed by atoms with E-state index in [1.807, 2.05) is 53.2 Å². The van der Waals surface area contributed by atoms with Gasteiger partial charge in [-0.2, -0.15) is 10.4 Å². The summed E-state index contributed by atoms with van der Waals surface area (Å²) in [7, 11) is 3.84. The number of halogens is 1. The number of piperazine rings is 1. The first kappa shape index (κ1) is 26.1. The van der Waals surface area contributed by atoms with E-state index in [0.29, 0.717) is 37.7 Å². The van der Waals surface area contributed by atoms with Gasteiger partial charge >= 0.3 is 0 Å². The Balaban J connectivity index is 1.10. The number of carbonyl (C=O) groups excluding carboxylic acids is 1. The third-order valence-electron chi connectivity index (χ3n) is 8.16. The molecule has 4 aromatic rings. The lowest BCUT2D eigenvalue weighted by atomic mass is 9.70. The fourth-order valence-corrected chi connectivity index (χ4v) is 6.15. The van der Waals surface area contributed by atoms with Crippen molar-refractivity contribution in [2.45, 2.75) is 37.4 Å². The molecule has 2 aliphatic rings. The van der Waals surface area contributed by atoms with Gasteiger partial charge in [0.2, 0.25) is 0 Å². The van der Waals surface area contributed by atoms with Crippen molar-refractivity contribution in [3.8, 4) is 17.3 Å². The minimum atomic E-state index is -0.386. The molecule has 1 N–H and O–H groups in total. The van der Waals surface area contributed by atoms with Crippen molar-refractivity contribution in [2.75, 3.05) is 40.3 Å². The summed E-state index contributed by atoms with van der Waals surface area (Å²) >= 11 is 0. The van der Waals surface area contributed by atoms with Crippen LogP contribution in [0, 0.1) is 17.1 Å². The molecule has 0 spiro atoms. The van der Waals surface area contributed by atoms with Crippen molar-refractivity contribution in [3.63, 3.8) is 0 Å². The standard InChI is InChI=1S/C29H32FN9O/c1-36(2)17-20-11-21(13-23(30)12-20)28(40)38-9-7-37(8-10-38)24-14-29(15-24,4-5-31)39-18-22(16-35-39)26-25-3-6-32-27(25)34-19-33-26/h3,6,11-13,16,18-19,24H,4,7-10,14-15,17H2,1-2H3,(H,32,33,34)/t24-,29-. The third-order valence-corrected chi connectivity index (χ3v) is 8.16. The lowest BCUT2D eigenvalue weighted by molar-refractivity contribution is -0.0158. The maximum absolute atomic E-state index is 14.2. The number of fused-ring (bicyclic) bond motifs is 1. The molecule has 1 saturated carbocycles. The smallest absolute Gasteiger partial charge is 0.254 e. The summed E-state index contributed by atoms with van der Waals surface area (Å²) in [6.07, 6.45) is 9.19. The summed E-state index contributed by atoms with van der Waals surface area (Å²) in [5.41, 5.74) is 3.31. The van der Waals surface area contributed by atoms with E-state index in [9.17, 15) is 14.4 Å². The summed E-state index contributed by atoms with van der Waals surface area (Å²) in [6, 6.07) is 9.24. The molecule has 2 fully saturated rings. The van der Waals surface area contributed by atoms with E-state index in [1.54, 1.807) is 6.07 Å². The van der Waals surface area contributed by atoms with Crippen LogP contribution >= 0.6 is 0 Å². The molecule has 10 nitrogen and oxygen atoms in total. The van der Waals surface area contributed by atoms with Gasteiger partial charge < -0.3 is 14.8 Å². The zero-order chi connectivity index (χ0) is 27.9. The van der Waals surface area contributed by atoms with Crippen LogP contribution in [0.3, 0.4) is 0 Å². The van der Waals surface area contributed by atoms with Crippen LogP contribution in [0.15, 0.2) is 49.2 Å². The number of nitrogens with zero attached hydrogens (tertiary/aromatic N) is 8. The van der Waals surface area contributed by atoms with Crippen LogP contribution in [-0.4, -0.2) is 91.7 Å². The monoisotopic (exact) mass is 541 g/mol. The molecule has 0 atom stereocenters. The van der Waals surface area contributed by atoms with Gasteiger partial charge in [0.1, 0.15) is 17.8 Å². The SMILES string of the molecule is CN(C)Cc1cc(F)cc(C(=O)N2CCN([C@H]3C[C@](CC#N)(n4cc(-c5ncnc6[nH]ccc56)cn4)C3)CC2)c1. The fraction of sp³-hybridized carbons (Fsp3) is 0.414. The van der Waals surface area contributed by atoms with Gasteiger partial charge in [-0.25, -0.2) is 14.4 Å². The number of hydrogen-bond donors (Lipinski definition) is 1. The summed E-state index contributed by atoms with van der Waals surface area (Å²) in [5, 5.41) is 15.3. The number of amides is 1. The molecule has 0 radical (unpaired) electrons. The van der Waals surface area contributed by atoms with Crippen molar-refractivity contribution in [2.24, 2.45) is 0 Å². The van der Waals surface area contributed by atoms with Gasteiger partial charge in [0, 0.05) is 67.7 Å². The molecule has 0 bridgehead atoms. The van der Waals surface area contributed by atoms with Crippen molar-refractivity contribution < 1.29 is 9.18 Å². The minimum absolute atomic E-state index is 0.128. The van der Waals surface area contributed by atoms with Crippen molar-refractivity contribution in [3.05, 3.63) is 66.1 Å². The van der Waals surface area contributed by atoms with E-state index >= 15 is 0 Å². The molecular formula is C29H32FN9O. The number of aromatic nitrogens is 5. The van der Waals surface area contributed by atoms with Crippen LogP contribution in [-0.2, 0) is 12.1 Å². The fourth-order valence-electron chi connectivity index (χ4n) is 6.15. The number of rotatable bonds is 7. The van der Waals surface area contributed by atoms with Gasteiger partial charge in [0.25, 0.3) is 5.91 Å². The summed E-state index contributed by atoms with van der Waals surface area (Å²) in [4.78, 5) is 31.2. The molecule has 6 rings (SSSR count). The second-order valence-electron chi connectivity index (χ2n) is 11.2. The molecule has 1 aromatic carbocycles. The molecule has 1 amide bonds. The first-order valence-corrected chi connectivity index (χ1v) is 13.5. The van der Waals surface area contributed by atoms with E-state index in [0.717, 1.165) is 53.8 Å². The molecule has 3 aromatic heterocycles. The molecule has 40 heavy (non-hydrogen) atoms. The van der Waals surface area contributed by atoms with Crippen LogP contribution < -0.4 is 0 Å². The average Bonchev–Trinajstić information content (AvgIpc) is 3.60. The molecule has 206 valence electrons. The Morgan fingerprint density at radius 1 is 1.20 bits per heavy atom. The highest BCUT2D eigenvalue weighted by atomic mass is 19.1. The van der Waals surface area contributed by atoms with Crippen molar-refractivity contribution in [1.29, 1.82) is 5.26 Å². The summed E-state index contributed by atoms with van der Waals surface area (Å²) in [5.74, 6) is -0.513. The molecule has 1 saturated heterocycles. The molecule has 0 unspecified atom stereocenters. The van der Waals surface area contributed by atoms with E-state index < -0.39 is 0 Å². The van der Waals surface area contributed by atoms with Gasteiger partial charge in [-0.15, -0.1) is 0 Å². The van der Waals surface area contributed by atoms with Crippen LogP contribution in [0.25, 0.3) is 22.3 Å². The van der Waals surface area contributed by atoms with E-state index in [2.05, 4.69) is 31.0 Å². The van der Waals surface area contributed by atoms with Gasteiger partial charge in [0.15, 0.2) is 0 Å². The second-order valence-corrected chi connectivity index (χ2v) is 11.2. The lowest BCUT2D eigenvalue weighted by Crippen LogP contribution is -2.60. The van der Waals surface area contributed by atoms with Gasteiger partial charge in [-0.05, 0) is 56.8 Å².